The van der Waals surface area contributed by atoms with E-state index in [1.165, 1.54) is 6.42 Å². The van der Waals surface area contributed by atoms with Gasteiger partial charge in [0, 0.05) is 18.7 Å². The predicted molar refractivity (Wildman–Crippen MR) is 115 cm³/mol. The quantitative estimate of drug-likeness (QED) is 0.693. The normalized spacial score (nSPS) is 13.4. The van der Waals surface area contributed by atoms with Crippen LogP contribution in [0.4, 0.5) is 16.4 Å². The lowest BCUT2D eigenvalue weighted by atomic mass is 10.1. The molecule has 0 saturated heterocycles. The number of benzene rings is 2. The minimum Gasteiger partial charge on any atom is -0.307 e. The maximum Gasteiger partial charge on any atom is 0.329 e. The third-order valence-electron chi connectivity index (χ3n) is 5.47. The topological polar surface area (TPSA) is 63.1 Å². The molecular weight excluding hydrogens is 362 g/mol. The molecule has 0 radical (unpaired) electrons. The fourth-order valence-corrected chi connectivity index (χ4v) is 3.69. The number of aryl methyl sites for hydroxylation is 3. The number of amides is 2. The average Bonchev–Trinajstić information content (AvgIpc) is 2.96. The van der Waals surface area contributed by atoms with Gasteiger partial charge in [-0.05, 0) is 49.9 Å². The van der Waals surface area contributed by atoms with Crippen LogP contribution in [-0.4, -0.2) is 20.8 Å². The van der Waals surface area contributed by atoms with Crippen molar-refractivity contribution in [1.29, 1.82) is 0 Å². The van der Waals surface area contributed by atoms with E-state index in [4.69, 9.17) is 0 Å². The van der Waals surface area contributed by atoms with Crippen LogP contribution in [0, 0.1) is 13.8 Å². The molecule has 2 heterocycles. The summed E-state index contributed by atoms with van der Waals surface area (Å²) in [7, 11) is 0. The number of hydrogen-bond acceptors (Lipinski definition) is 3. The molecule has 6 heteroatoms. The second-order valence-corrected chi connectivity index (χ2v) is 7.69. The van der Waals surface area contributed by atoms with Crippen LogP contribution in [0.2, 0.25) is 0 Å². The molecule has 1 aliphatic rings. The number of carbonyl (C=O) groups excluding carboxylic acids is 1. The Morgan fingerprint density at radius 2 is 1.83 bits per heavy atom. The Morgan fingerprint density at radius 3 is 2.62 bits per heavy atom. The third-order valence-corrected chi connectivity index (χ3v) is 5.47. The number of carbonyl (C=O) groups is 1. The fourth-order valence-electron chi connectivity index (χ4n) is 3.69. The van der Waals surface area contributed by atoms with E-state index in [-0.39, 0.29) is 6.03 Å². The van der Waals surface area contributed by atoms with E-state index in [0.29, 0.717) is 12.5 Å². The first-order chi connectivity index (χ1) is 14.1. The summed E-state index contributed by atoms with van der Waals surface area (Å²) in [4.78, 5) is 15.0. The van der Waals surface area contributed by atoms with Crippen LogP contribution in [0.3, 0.4) is 0 Å². The molecule has 1 aliphatic heterocycles. The van der Waals surface area contributed by atoms with E-state index in [0.717, 1.165) is 54.0 Å². The predicted octanol–water partition coefficient (Wildman–Crippen LogP) is 4.86. The molecular formula is C23H27N5O. The van der Waals surface area contributed by atoms with Gasteiger partial charge >= 0.3 is 6.03 Å². The Balaban J connectivity index is 1.67. The van der Waals surface area contributed by atoms with Gasteiger partial charge in [-0.1, -0.05) is 48.4 Å². The summed E-state index contributed by atoms with van der Waals surface area (Å²) in [5, 5.41) is 11.8. The van der Waals surface area contributed by atoms with E-state index in [9.17, 15) is 4.79 Å². The van der Waals surface area contributed by atoms with Crippen molar-refractivity contribution in [2.24, 2.45) is 0 Å². The summed E-state index contributed by atoms with van der Waals surface area (Å²) < 4.78 is 2.11. The van der Waals surface area contributed by atoms with Gasteiger partial charge in [-0.15, -0.1) is 10.2 Å². The standard InChI is InChI=1S/C23H27N5O/c1-17-11-13-20(14-12-17)24-23(29)28(16-19-9-6-5-8-18(19)2)22-26-25-21-10-4-3-7-15-27(21)22/h5-6,8-9,11-14H,3-4,7,10,15-16H2,1-2H3,(H,24,29). The van der Waals surface area contributed by atoms with Gasteiger partial charge in [-0.3, -0.25) is 9.47 Å². The molecule has 1 N–H and O–H groups in total. The van der Waals surface area contributed by atoms with Crippen molar-refractivity contribution in [2.45, 2.75) is 52.6 Å². The van der Waals surface area contributed by atoms with Gasteiger partial charge in [0.05, 0.1) is 6.54 Å². The number of nitrogens with one attached hydrogen (secondary N) is 1. The average molecular weight is 390 g/mol. The monoisotopic (exact) mass is 389 g/mol. The third kappa shape index (κ3) is 4.31. The number of aromatic nitrogens is 3. The summed E-state index contributed by atoms with van der Waals surface area (Å²) in [6.45, 7) is 5.39. The maximum atomic E-state index is 13.3. The van der Waals surface area contributed by atoms with Gasteiger partial charge < -0.3 is 5.32 Å². The Kier molecular flexibility index (Phi) is 5.60. The van der Waals surface area contributed by atoms with Gasteiger partial charge in [-0.25, -0.2) is 4.79 Å². The Labute approximate surface area is 171 Å². The smallest absolute Gasteiger partial charge is 0.307 e. The van der Waals surface area contributed by atoms with Crippen LogP contribution >= 0.6 is 0 Å². The molecule has 0 fully saturated rings. The molecule has 6 nitrogen and oxygen atoms in total. The minimum absolute atomic E-state index is 0.198. The highest BCUT2D eigenvalue weighted by atomic mass is 16.2. The minimum atomic E-state index is -0.198. The zero-order chi connectivity index (χ0) is 20.2. The lowest BCUT2D eigenvalue weighted by Crippen LogP contribution is -2.37. The molecule has 29 heavy (non-hydrogen) atoms. The van der Waals surface area contributed by atoms with Crippen molar-refractivity contribution < 1.29 is 4.79 Å². The lowest BCUT2D eigenvalue weighted by Gasteiger charge is -2.23. The summed E-state index contributed by atoms with van der Waals surface area (Å²) >= 11 is 0. The number of urea groups is 1. The van der Waals surface area contributed by atoms with Crippen LogP contribution in [0.25, 0.3) is 0 Å². The number of rotatable bonds is 4. The number of anilines is 2. The van der Waals surface area contributed by atoms with Gasteiger partial charge in [0.2, 0.25) is 5.95 Å². The van der Waals surface area contributed by atoms with Crippen LogP contribution in [0.5, 0.6) is 0 Å². The Bertz CT molecular complexity index is 993. The van der Waals surface area contributed by atoms with Gasteiger partial charge in [0.25, 0.3) is 0 Å². The summed E-state index contributed by atoms with van der Waals surface area (Å²) in [6, 6.07) is 15.8. The summed E-state index contributed by atoms with van der Waals surface area (Å²) in [5.41, 5.74) is 4.17. The molecule has 150 valence electrons. The van der Waals surface area contributed by atoms with Crippen molar-refractivity contribution >= 4 is 17.7 Å². The van der Waals surface area contributed by atoms with Gasteiger partial charge in [-0.2, -0.15) is 0 Å². The molecule has 0 saturated carbocycles. The van der Waals surface area contributed by atoms with Crippen LogP contribution in [0.1, 0.15) is 41.8 Å². The molecule has 4 rings (SSSR count). The molecule has 2 amide bonds. The van der Waals surface area contributed by atoms with Crippen molar-refractivity contribution in [3.8, 4) is 0 Å². The van der Waals surface area contributed by atoms with Crippen molar-refractivity contribution in [3.63, 3.8) is 0 Å². The summed E-state index contributed by atoms with van der Waals surface area (Å²) in [6.07, 6.45) is 4.28. The van der Waals surface area contributed by atoms with E-state index < -0.39 is 0 Å². The number of hydrogen-bond donors (Lipinski definition) is 1. The number of fused-ring (bicyclic) bond motifs is 1. The zero-order valence-electron chi connectivity index (χ0n) is 17.1. The number of nitrogens with zero attached hydrogens (tertiary/aromatic N) is 4. The van der Waals surface area contributed by atoms with Gasteiger partial charge in [0.1, 0.15) is 5.82 Å². The van der Waals surface area contributed by atoms with E-state index in [1.807, 2.05) is 43.3 Å². The molecule has 1 aromatic heterocycles. The van der Waals surface area contributed by atoms with Crippen LogP contribution in [-0.2, 0) is 19.5 Å². The second kappa shape index (κ2) is 8.47. The molecule has 0 unspecified atom stereocenters. The van der Waals surface area contributed by atoms with Crippen molar-refractivity contribution in [2.75, 3.05) is 10.2 Å². The first kappa shape index (κ1) is 19.2. The molecule has 0 bridgehead atoms. The van der Waals surface area contributed by atoms with Crippen molar-refractivity contribution in [3.05, 3.63) is 71.0 Å². The van der Waals surface area contributed by atoms with Crippen molar-refractivity contribution in [1.82, 2.24) is 14.8 Å². The molecule has 0 aliphatic carbocycles. The lowest BCUT2D eigenvalue weighted by molar-refractivity contribution is 0.256. The largest absolute Gasteiger partial charge is 0.329 e. The molecule has 0 atom stereocenters. The van der Waals surface area contributed by atoms with Crippen LogP contribution in [0.15, 0.2) is 48.5 Å². The van der Waals surface area contributed by atoms with E-state index in [2.05, 4.69) is 39.1 Å². The molecule has 2 aromatic carbocycles. The highest BCUT2D eigenvalue weighted by Crippen LogP contribution is 2.23. The molecule has 0 spiro atoms. The first-order valence-corrected chi connectivity index (χ1v) is 10.2. The highest BCUT2D eigenvalue weighted by molar-refractivity contribution is 6.00. The van der Waals surface area contributed by atoms with Gasteiger partial charge in [0.15, 0.2) is 0 Å². The second-order valence-electron chi connectivity index (χ2n) is 7.69. The zero-order valence-corrected chi connectivity index (χ0v) is 17.1. The summed E-state index contributed by atoms with van der Waals surface area (Å²) in [5.74, 6) is 1.59. The van der Waals surface area contributed by atoms with E-state index >= 15 is 0 Å². The Morgan fingerprint density at radius 1 is 1.03 bits per heavy atom. The SMILES string of the molecule is Cc1ccc(NC(=O)N(Cc2ccccc2C)c2nnc3n2CCCCC3)cc1. The van der Waals surface area contributed by atoms with E-state index in [1.54, 1.807) is 4.90 Å². The van der Waals surface area contributed by atoms with Crippen LogP contribution < -0.4 is 10.2 Å². The molecule has 3 aromatic rings. The fraction of sp³-hybridized carbons (Fsp3) is 0.348. The maximum absolute atomic E-state index is 13.3. The first-order valence-electron chi connectivity index (χ1n) is 10.2. The Hall–Kier alpha value is -3.15. The highest BCUT2D eigenvalue weighted by Gasteiger charge is 2.25.